The van der Waals surface area contributed by atoms with Crippen LogP contribution in [0.4, 0.5) is 0 Å². The molecule has 3 unspecified atom stereocenters. The molecule has 130 valence electrons. The van der Waals surface area contributed by atoms with Crippen LogP contribution >= 0.6 is 0 Å². The molecule has 0 amide bonds. The second kappa shape index (κ2) is 9.40. The Bertz CT molecular complexity index is 504. The van der Waals surface area contributed by atoms with E-state index in [1.165, 1.54) is 0 Å². The summed E-state index contributed by atoms with van der Waals surface area (Å²) in [7, 11) is 0. The third-order valence-corrected chi connectivity index (χ3v) is 4.23. The SMILES string of the molecule is CCOc1cccc(C(C)C(C)CC(CN)C(=O)O)c1OCC. The van der Waals surface area contributed by atoms with Gasteiger partial charge in [0.1, 0.15) is 0 Å². The van der Waals surface area contributed by atoms with Crippen molar-refractivity contribution >= 4 is 5.97 Å². The van der Waals surface area contributed by atoms with Gasteiger partial charge in [-0.05, 0) is 38.2 Å². The molecule has 1 aromatic rings. The van der Waals surface area contributed by atoms with Crippen LogP contribution in [0.2, 0.25) is 0 Å². The van der Waals surface area contributed by atoms with E-state index in [0.29, 0.717) is 19.6 Å². The molecule has 0 aliphatic rings. The summed E-state index contributed by atoms with van der Waals surface area (Å²) in [4.78, 5) is 11.2. The number of para-hydroxylation sites is 1. The zero-order valence-corrected chi connectivity index (χ0v) is 14.5. The topological polar surface area (TPSA) is 81.8 Å². The quantitative estimate of drug-likeness (QED) is 0.690. The van der Waals surface area contributed by atoms with Crippen molar-refractivity contribution in [2.45, 2.75) is 40.0 Å². The Labute approximate surface area is 138 Å². The number of carboxylic acid groups (broad SMARTS) is 1. The van der Waals surface area contributed by atoms with E-state index in [-0.39, 0.29) is 18.4 Å². The van der Waals surface area contributed by atoms with E-state index in [1.807, 2.05) is 32.0 Å². The first-order chi connectivity index (χ1) is 11.0. The fourth-order valence-electron chi connectivity index (χ4n) is 2.72. The molecule has 0 heterocycles. The fourth-order valence-corrected chi connectivity index (χ4v) is 2.72. The summed E-state index contributed by atoms with van der Waals surface area (Å²) in [5.74, 6) is 0.453. The number of nitrogens with two attached hydrogens (primary N) is 1. The van der Waals surface area contributed by atoms with Gasteiger partial charge >= 0.3 is 5.97 Å². The highest BCUT2D eigenvalue weighted by atomic mass is 16.5. The van der Waals surface area contributed by atoms with Crippen LogP contribution in [0, 0.1) is 11.8 Å². The molecular weight excluding hydrogens is 294 g/mol. The lowest BCUT2D eigenvalue weighted by Gasteiger charge is -2.25. The molecule has 1 aromatic carbocycles. The van der Waals surface area contributed by atoms with Crippen molar-refractivity contribution in [1.82, 2.24) is 0 Å². The number of carbonyl (C=O) groups is 1. The van der Waals surface area contributed by atoms with E-state index in [4.69, 9.17) is 15.2 Å². The van der Waals surface area contributed by atoms with Gasteiger partial charge in [0, 0.05) is 12.1 Å². The van der Waals surface area contributed by atoms with Crippen molar-refractivity contribution in [1.29, 1.82) is 0 Å². The van der Waals surface area contributed by atoms with Gasteiger partial charge in [-0.1, -0.05) is 26.0 Å². The molecule has 0 aromatic heterocycles. The molecule has 3 atom stereocenters. The smallest absolute Gasteiger partial charge is 0.307 e. The van der Waals surface area contributed by atoms with E-state index in [2.05, 4.69) is 13.8 Å². The van der Waals surface area contributed by atoms with Gasteiger partial charge in [0.05, 0.1) is 19.1 Å². The Morgan fingerprint density at radius 2 is 1.87 bits per heavy atom. The summed E-state index contributed by atoms with van der Waals surface area (Å²) in [6.07, 6.45) is 0.539. The van der Waals surface area contributed by atoms with Crippen LogP contribution < -0.4 is 15.2 Å². The van der Waals surface area contributed by atoms with Crippen molar-refractivity contribution in [3.05, 3.63) is 23.8 Å². The van der Waals surface area contributed by atoms with Gasteiger partial charge in [0.25, 0.3) is 0 Å². The minimum Gasteiger partial charge on any atom is -0.490 e. The summed E-state index contributed by atoms with van der Waals surface area (Å²) in [5, 5.41) is 9.20. The van der Waals surface area contributed by atoms with Crippen LogP contribution in [0.25, 0.3) is 0 Å². The second-order valence-corrected chi connectivity index (χ2v) is 5.81. The van der Waals surface area contributed by atoms with E-state index < -0.39 is 11.9 Å². The number of ether oxygens (including phenoxy) is 2. The number of benzene rings is 1. The molecule has 0 spiro atoms. The van der Waals surface area contributed by atoms with E-state index in [0.717, 1.165) is 17.1 Å². The molecule has 0 radical (unpaired) electrons. The van der Waals surface area contributed by atoms with Crippen LogP contribution in [-0.4, -0.2) is 30.8 Å². The average Bonchev–Trinajstić information content (AvgIpc) is 2.53. The van der Waals surface area contributed by atoms with Gasteiger partial charge in [-0.3, -0.25) is 4.79 Å². The third-order valence-electron chi connectivity index (χ3n) is 4.23. The highest BCUT2D eigenvalue weighted by molar-refractivity contribution is 5.70. The van der Waals surface area contributed by atoms with Gasteiger partial charge in [-0.2, -0.15) is 0 Å². The van der Waals surface area contributed by atoms with Crippen LogP contribution in [0.3, 0.4) is 0 Å². The highest BCUT2D eigenvalue weighted by Gasteiger charge is 2.25. The van der Waals surface area contributed by atoms with E-state index >= 15 is 0 Å². The van der Waals surface area contributed by atoms with Crippen molar-refractivity contribution in [2.75, 3.05) is 19.8 Å². The Kier molecular flexibility index (Phi) is 7.89. The molecular formula is C18H29NO4. The zero-order valence-electron chi connectivity index (χ0n) is 14.5. The molecule has 0 aliphatic heterocycles. The standard InChI is InChI=1S/C18H29NO4/c1-5-22-16-9-7-8-15(17(16)23-6-2)13(4)12(3)10-14(11-19)18(20)21/h7-9,12-14H,5-6,10-11,19H2,1-4H3,(H,20,21). The molecule has 5 heteroatoms. The fraction of sp³-hybridized carbons (Fsp3) is 0.611. The largest absolute Gasteiger partial charge is 0.490 e. The maximum absolute atomic E-state index is 11.2. The Morgan fingerprint density at radius 3 is 2.39 bits per heavy atom. The van der Waals surface area contributed by atoms with Crippen molar-refractivity contribution < 1.29 is 19.4 Å². The summed E-state index contributed by atoms with van der Waals surface area (Å²) in [6.45, 7) is 9.31. The Morgan fingerprint density at radius 1 is 1.22 bits per heavy atom. The normalized spacial score (nSPS) is 14.8. The lowest BCUT2D eigenvalue weighted by Crippen LogP contribution is -2.26. The second-order valence-electron chi connectivity index (χ2n) is 5.81. The summed E-state index contributed by atoms with van der Waals surface area (Å²) >= 11 is 0. The number of carboxylic acids is 1. The van der Waals surface area contributed by atoms with Crippen LogP contribution in [0.1, 0.15) is 45.6 Å². The monoisotopic (exact) mass is 323 g/mol. The lowest BCUT2D eigenvalue weighted by atomic mass is 9.82. The molecule has 23 heavy (non-hydrogen) atoms. The average molecular weight is 323 g/mol. The van der Waals surface area contributed by atoms with Gasteiger partial charge in [-0.15, -0.1) is 0 Å². The summed E-state index contributed by atoms with van der Waals surface area (Å²) in [6, 6.07) is 5.87. The van der Waals surface area contributed by atoms with Crippen LogP contribution in [0.15, 0.2) is 18.2 Å². The third kappa shape index (κ3) is 5.13. The highest BCUT2D eigenvalue weighted by Crippen LogP contribution is 2.40. The molecule has 0 aliphatic carbocycles. The van der Waals surface area contributed by atoms with Crippen molar-refractivity contribution in [2.24, 2.45) is 17.6 Å². The van der Waals surface area contributed by atoms with Crippen LogP contribution in [-0.2, 0) is 4.79 Å². The number of hydrogen-bond donors (Lipinski definition) is 2. The first-order valence-electron chi connectivity index (χ1n) is 8.27. The minimum atomic E-state index is -0.834. The molecule has 0 bridgehead atoms. The predicted octanol–water partition coefficient (Wildman–Crippen LogP) is 3.27. The van der Waals surface area contributed by atoms with Crippen molar-refractivity contribution in [3.8, 4) is 11.5 Å². The first kappa shape index (κ1) is 19.3. The van der Waals surface area contributed by atoms with Crippen molar-refractivity contribution in [3.63, 3.8) is 0 Å². The van der Waals surface area contributed by atoms with Gasteiger partial charge in [-0.25, -0.2) is 0 Å². The molecule has 0 saturated heterocycles. The maximum Gasteiger partial charge on any atom is 0.307 e. The molecule has 5 nitrogen and oxygen atoms in total. The minimum absolute atomic E-state index is 0.144. The van der Waals surface area contributed by atoms with E-state index in [1.54, 1.807) is 0 Å². The predicted molar refractivity (Wildman–Crippen MR) is 91.2 cm³/mol. The number of aliphatic carboxylic acids is 1. The van der Waals surface area contributed by atoms with Gasteiger partial charge in [0.15, 0.2) is 11.5 Å². The summed E-state index contributed by atoms with van der Waals surface area (Å²) in [5.41, 5.74) is 6.62. The van der Waals surface area contributed by atoms with Gasteiger partial charge < -0.3 is 20.3 Å². The maximum atomic E-state index is 11.2. The summed E-state index contributed by atoms with van der Waals surface area (Å²) < 4.78 is 11.5. The molecule has 1 rings (SSSR count). The Balaban J connectivity index is 3.03. The molecule has 3 N–H and O–H groups in total. The molecule has 0 saturated carbocycles. The lowest BCUT2D eigenvalue weighted by molar-refractivity contribution is -0.142. The van der Waals surface area contributed by atoms with Gasteiger partial charge in [0.2, 0.25) is 0 Å². The first-order valence-corrected chi connectivity index (χ1v) is 8.27. The Hall–Kier alpha value is -1.75. The zero-order chi connectivity index (χ0) is 17.4. The number of rotatable bonds is 10. The molecule has 0 fully saturated rings. The van der Waals surface area contributed by atoms with Crippen LogP contribution in [0.5, 0.6) is 11.5 Å². The van der Waals surface area contributed by atoms with E-state index in [9.17, 15) is 9.90 Å². The number of hydrogen-bond acceptors (Lipinski definition) is 4.